The SMILES string of the molecule is CCCOc1cc2c(cc1C)-c1cc(=O)c(C(=O)O)cn1[C@H](C(C)C)CO2. The first-order valence-electron chi connectivity index (χ1n) is 9.23. The Morgan fingerprint density at radius 3 is 2.74 bits per heavy atom. The van der Waals surface area contributed by atoms with Crippen LogP contribution in [-0.2, 0) is 0 Å². The van der Waals surface area contributed by atoms with Gasteiger partial charge >= 0.3 is 5.97 Å². The average molecular weight is 371 g/mol. The van der Waals surface area contributed by atoms with Gasteiger partial charge in [0.25, 0.3) is 0 Å². The Balaban J connectivity index is 2.23. The predicted molar refractivity (Wildman–Crippen MR) is 103 cm³/mol. The van der Waals surface area contributed by atoms with Crippen molar-refractivity contribution in [2.45, 2.75) is 40.2 Å². The van der Waals surface area contributed by atoms with Crippen molar-refractivity contribution < 1.29 is 19.4 Å². The fraction of sp³-hybridized carbons (Fsp3) is 0.429. The molecule has 1 aliphatic heterocycles. The Labute approximate surface area is 158 Å². The number of hydrogen-bond donors (Lipinski definition) is 1. The van der Waals surface area contributed by atoms with Crippen molar-refractivity contribution >= 4 is 5.97 Å². The Morgan fingerprint density at radius 1 is 1.37 bits per heavy atom. The van der Waals surface area contributed by atoms with E-state index >= 15 is 0 Å². The molecule has 6 nitrogen and oxygen atoms in total. The van der Waals surface area contributed by atoms with Gasteiger partial charge in [0.15, 0.2) is 5.43 Å². The number of hydrogen-bond acceptors (Lipinski definition) is 4. The summed E-state index contributed by atoms with van der Waals surface area (Å²) < 4.78 is 13.7. The normalized spacial score (nSPS) is 15.5. The van der Waals surface area contributed by atoms with Crippen LogP contribution < -0.4 is 14.9 Å². The summed E-state index contributed by atoms with van der Waals surface area (Å²) in [4.78, 5) is 23.8. The number of pyridine rings is 1. The summed E-state index contributed by atoms with van der Waals surface area (Å²) in [6, 6.07) is 5.11. The van der Waals surface area contributed by atoms with Gasteiger partial charge in [-0.25, -0.2) is 4.79 Å². The molecule has 1 atom stereocenters. The van der Waals surface area contributed by atoms with E-state index in [1.165, 1.54) is 12.3 Å². The van der Waals surface area contributed by atoms with Crippen molar-refractivity contribution in [1.82, 2.24) is 4.57 Å². The summed E-state index contributed by atoms with van der Waals surface area (Å²) in [7, 11) is 0. The molecule has 0 amide bonds. The minimum absolute atomic E-state index is 0.0913. The zero-order valence-corrected chi connectivity index (χ0v) is 16.1. The van der Waals surface area contributed by atoms with Gasteiger partial charge < -0.3 is 19.1 Å². The first-order valence-corrected chi connectivity index (χ1v) is 9.23. The summed E-state index contributed by atoms with van der Waals surface area (Å²) in [6.45, 7) is 9.10. The number of nitrogens with zero attached hydrogens (tertiary/aromatic N) is 1. The molecule has 0 unspecified atom stereocenters. The standard InChI is InChI=1S/C21H25NO5/c1-5-6-26-19-9-20-14(7-13(19)4)16-8-18(23)15(21(24)25)10-22(16)17(11-27-20)12(2)3/h7-10,12,17H,5-6,11H2,1-4H3,(H,24,25)/t17-/m0/s1. The van der Waals surface area contributed by atoms with Crippen molar-refractivity contribution in [2.75, 3.05) is 13.2 Å². The third-order valence-corrected chi connectivity index (χ3v) is 4.86. The van der Waals surface area contributed by atoms with Crippen LogP contribution >= 0.6 is 0 Å². The van der Waals surface area contributed by atoms with Gasteiger partial charge in [0.2, 0.25) is 0 Å². The van der Waals surface area contributed by atoms with Gasteiger partial charge in [-0.15, -0.1) is 0 Å². The maximum atomic E-state index is 12.4. The molecule has 3 rings (SSSR count). The monoisotopic (exact) mass is 371 g/mol. The van der Waals surface area contributed by atoms with Crippen molar-refractivity contribution in [3.8, 4) is 22.8 Å². The Bertz CT molecular complexity index is 929. The molecule has 1 aliphatic rings. The Hall–Kier alpha value is -2.76. The van der Waals surface area contributed by atoms with Gasteiger partial charge in [0.1, 0.15) is 23.7 Å². The van der Waals surface area contributed by atoms with E-state index in [0.717, 1.165) is 23.3 Å². The maximum Gasteiger partial charge on any atom is 0.341 e. The molecule has 0 bridgehead atoms. The molecule has 0 saturated carbocycles. The molecule has 2 heterocycles. The minimum Gasteiger partial charge on any atom is -0.493 e. The molecule has 1 aromatic heterocycles. The van der Waals surface area contributed by atoms with Crippen molar-refractivity contribution in [3.63, 3.8) is 0 Å². The summed E-state index contributed by atoms with van der Waals surface area (Å²) >= 11 is 0. The molecule has 0 radical (unpaired) electrons. The minimum atomic E-state index is -1.22. The first kappa shape index (κ1) is 19.0. The lowest BCUT2D eigenvalue weighted by Crippen LogP contribution is -2.25. The average Bonchev–Trinajstić information content (AvgIpc) is 2.75. The van der Waals surface area contributed by atoms with Crippen LogP contribution in [0.5, 0.6) is 11.5 Å². The largest absolute Gasteiger partial charge is 0.493 e. The molecule has 6 heteroatoms. The lowest BCUT2D eigenvalue weighted by Gasteiger charge is -2.24. The van der Waals surface area contributed by atoms with E-state index in [1.54, 1.807) is 0 Å². The Kier molecular flexibility index (Phi) is 5.26. The lowest BCUT2D eigenvalue weighted by molar-refractivity contribution is 0.0694. The molecule has 0 saturated heterocycles. The highest BCUT2D eigenvalue weighted by Gasteiger charge is 2.27. The third-order valence-electron chi connectivity index (χ3n) is 4.86. The van der Waals surface area contributed by atoms with Crippen LogP contribution in [0, 0.1) is 12.8 Å². The fourth-order valence-corrected chi connectivity index (χ4v) is 3.33. The smallest absolute Gasteiger partial charge is 0.341 e. The van der Waals surface area contributed by atoms with Crippen LogP contribution in [-0.4, -0.2) is 28.9 Å². The summed E-state index contributed by atoms with van der Waals surface area (Å²) in [6.07, 6.45) is 2.35. The van der Waals surface area contributed by atoms with Crippen LogP contribution in [0.4, 0.5) is 0 Å². The number of carboxylic acid groups (broad SMARTS) is 1. The second-order valence-electron chi connectivity index (χ2n) is 7.23. The van der Waals surface area contributed by atoms with Crippen LogP contribution in [0.2, 0.25) is 0 Å². The number of benzene rings is 1. The molecule has 144 valence electrons. The number of carboxylic acids is 1. The van der Waals surface area contributed by atoms with Gasteiger partial charge in [-0.1, -0.05) is 20.8 Å². The van der Waals surface area contributed by atoms with Gasteiger partial charge in [-0.3, -0.25) is 4.79 Å². The van der Waals surface area contributed by atoms with Gasteiger partial charge in [-0.2, -0.15) is 0 Å². The first-order chi connectivity index (χ1) is 12.8. The van der Waals surface area contributed by atoms with Gasteiger partial charge in [0, 0.05) is 23.9 Å². The van der Waals surface area contributed by atoms with Gasteiger partial charge in [-0.05, 0) is 30.9 Å². The van der Waals surface area contributed by atoms with E-state index in [-0.39, 0.29) is 17.5 Å². The molecular formula is C21H25NO5. The van der Waals surface area contributed by atoms with Crippen LogP contribution in [0.3, 0.4) is 0 Å². The summed E-state index contributed by atoms with van der Waals surface area (Å²) in [5.41, 5.74) is 1.64. The van der Waals surface area contributed by atoms with Crippen molar-refractivity contribution in [2.24, 2.45) is 5.92 Å². The van der Waals surface area contributed by atoms with E-state index in [9.17, 15) is 14.7 Å². The molecule has 27 heavy (non-hydrogen) atoms. The van der Waals surface area contributed by atoms with Crippen molar-refractivity contribution in [1.29, 1.82) is 0 Å². The summed E-state index contributed by atoms with van der Waals surface area (Å²) in [5.74, 6) is 0.377. The number of aromatic carboxylic acids is 1. The number of aryl methyl sites for hydroxylation is 1. The van der Waals surface area contributed by atoms with Crippen LogP contribution in [0.15, 0.2) is 29.2 Å². The number of carbonyl (C=O) groups is 1. The highest BCUT2D eigenvalue weighted by atomic mass is 16.5. The Morgan fingerprint density at radius 2 is 2.11 bits per heavy atom. The second-order valence-corrected chi connectivity index (χ2v) is 7.23. The van der Waals surface area contributed by atoms with E-state index in [2.05, 4.69) is 0 Å². The molecule has 0 fully saturated rings. The molecule has 1 N–H and O–H groups in total. The quantitative estimate of drug-likeness (QED) is 0.862. The van der Waals surface area contributed by atoms with Gasteiger partial charge in [0.05, 0.1) is 18.3 Å². The third kappa shape index (κ3) is 3.56. The van der Waals surface area contributed by atoms with E-state index in [4.69, 9.17) is 9.47 Å². The fourth-order valence-electron chi connectivity index (χ4n) is 3.33. The van der Waals surface area contributed by atoms with Crippen LogP contribution in [0.25, 0.3) is 11.3 Å². The molecule has 2 aromatic rings. The van der Waals surface area contributed by atoms with Crippen molar-refractivity contribution in [3.05, 3.63) is 45.7 Å². The highest BCUT2D eigenvalue weighted by molar-refractivity contribution is 5.87. The molecular weight excluding hydrogens is 346 g/mol. The zero-order chi connectivity index (χ0) is 19.7. The number of ether oxygens (including phenoxy) is 2. The van der Waals surface area contributed by atoms with E-state index < -0.39 is 11.4 Å². The number of aromatic nitrogens is 1. The molecule has 1 aromatic carbocycles. The van der Waals surface area contributed by atoms with E-state index in [0.29, 0.717) is 24.7 Å². The predicted octanol–water partition coefficient (Wildman–Crippen LogP) is 3.90. The summed E-state index contributed by atoms with van der Waals surface area (Å²) in [5, 5.41) is 9.36. The highest BCUT2D eigenvalue weighted by Crippen LogP contribution is 2.40. The second kappa shape index (κ2) is 7.47. The van der Waals surface area contributed by atoms with E-state index in [1.807, 2.05) is 44.4 Å². The number of fused-ring (bicyclic) bond motifs is 3. The zero-order valence-electron chi connectivity index (χ0n) is 16.1. The molecule has 0 spiro atoms. The van der Waals surface area contributed by atoms with Crippen LogP contribution in [0.1, 0.15) is 49.2 Å². The number of rotatable bonds is 5. The molecule has 0 aliphatic carbocycles. The lowest BCUT2D eigenvalue weighted by atomic mass is 10.0. The maximum absolute atomic E-state index is 12.4. The topological polar surface area (TPSA) is 77.8 Å².